The van der Waals surface area contributed by atoms with E-state index < -0.39 is 17.4 Å². The minimum absolute atomic E-state index is 0.114. The molecule has 0 aromatic heterocycles. The summed E-state index contributed by atoms with van der Waals surface area (Å²) in [6, 6.07) is 7.13. The lowest BCUT2D eigenvalue weighted by Gasteiger charge is -2.22. The number of hydrogen-bond acceptors (Lipinski definition) is 4. The Balaban J connectivity index is 1.70. The molecule has 23 heavy (non-hydrogen) atoms. The van der Waals surface area contributed by atoms with Crippen LogP contribution in [0.3, 0.4) is 0 Å². The molecule has 2 fully saturated rings. The Labute approximate surface area is 138 Å². The van der Waals surface area contributed by atoms with Crippen molar-refractivity contribution in [2.75, 3.05) is 18.1 Å². The van der Waals surface area contributed by atoms with Gasteiger partial charge in [0.25, 0.3) is 0 Å². The number of nitrogens with zero attached hydrogens (tertiary/aromatic N) is 1. The second kappa shape index (κ2) is 5.08. The smallest absolute Gasteiger partial charge is 0.312 e. The SMILES string of the molecule is CCOC(=O)[C@H]1[C@H]2C=CC3(CN(c4cccc(Cl)c4)C(=O)[C@@H]13)O2. The van der Waals surface area contributed by atoms with Crippen LogP contribution in [0.25, 0.3) is 0 Å². The fraction of sp³-hybridized carbons (Fsp3) is 0.412. The summed E-state index contributed by atoms with van der Waals surface area (Å²) in [7, 11) is 0. The minimum Gasteiger partial charge on any atom is -0.466 e. The van der Waals surface area contributed by atoms with E-state index in [1.165, 1.54) is 0 Å². The molecule has 1 unspecified atom stereocenters. The molecule has 1 spiro atoms. The maximum absolute atomic E-state index is 13.0. The van der Waals surface area contributed by atoms with Crippen molar-refractivity contribution >= 4 is 29.2 Å². The van der Waals surface area contributed by atoms with Gasteiger partial charge in [-0.3, -0.25) is 9.59 Å². The molecule has 0 aliphatic carbocycles. The number of halogens is 1. The number of carbonyl (C=O) groups is 2. The summed E-state index contributed by atoms with van der Waals surface area (Å²) in [5.41, 5.74) is -0.0177. The topological polar surface area (TPSA) is 55.8 Å². The van der Waals surface area contributed by atoms with Gasteiger partial charge in [0.05, 0.1) is 25.2 Å². The molecule has 0 saturated carbocycles. The van der Waals surface area contributed by atoms with Crippen molar-refractivity contribution in [1.82, 2.24) is 0 Å². The highest BCUT2D eigenvalue weighted by atomic mass is 35.5. The summed E-state index contributed by atoms with van der Waals surface area (Å²) in [4.78, 5) is 26.9. The summed E-state index contributed by atoms with van der Waals surface area (Å²) in [5, 5.41) is 0.563. The van der Waals surface area contributed by atoms with E-state index in [0.29, 0.717) is 17.3 Å². The third-order valence-electron chi connectivity index (χ3n) is 4.78. The molecule has 6 heteroatoms. The molecule has 3 aliphatic rings. The highest BCUT2D eigenvalue weighted by Gasteiger charge is 2.67. The van der Waals surface area contributed by atoms with Gasteiger partial charge in [0, 0.05) is 10.7 Å². The van der Waals surface area contributed by atoms with Gasteiger partial charge in [0.2, 0.25) is 5.91 Å². The number of anilines is 1. The molecule has 0 N–H and O–H groups in total. The Kier molecular flexibility index (Phi) is 3.25. The van der Waals surface area contributed by atoms with Crippen LogP contribution in [0.5, 0.6) is 0 Å². The molecule has 1 aromatic rings. The Morgan fingerprint density at radius 1 is 1.52 bits per heavy atom. The maximum atomic E-state index is 13.0. The van der Waals surface area contributed by atoms with Crippen molar-refractivity contribution in [3.05, 3.63) is 41.4 Å². The van der Waals surface area contributed by atoms with Crippen LogP contribution in [0.15, 0.2) is 36.4 Å². The molecule has 4 rings (SSSR count). The first-order valence-electron chi connectivity index (χ1n) is 7.66. The summed E-state index contributed by atoms with van der Waals surface area (Å²) in [5.74, 6) is -1.58. The zero-order chi connectivity index (χ0) is 16.2. The van der Waals surface area contributed by atoms with Crippen molar-refractivity contribution in [2.24, 2.45) is 11.8 Å². The first-order chi connectivity index (χ1) is 11.1. The van der Waals surface area contributed by atoms with Crippen LogP contribution in [0.4, 0.5) is 5.69 Å². The summed E-state index contributed by atoms with van der Waals surface area (Å²) in [6.07, 6.45) is 3.41. The van der Waals surface area contributed by atoms with E-state index in [1.807, 2.05) is 18.2 Å². The lowest BCUT2D eigenvalue weighted by atomic mass is 9.77. The standard InChI is InChI=1S/C17H16ClNO4/c1-2-22-16(21)13-12-6-7-17(23-12)9-19(15(20)14(13)17)11-5-3-4-10(18)8-11/h3-8,12-14H,2,9H2,1H3/t12-,13+,14-,17?/m1/s1. The first kappa shape index (κ1) is 14.7. The van der Waals surface area contributed by atoms with Crippen molar-refractivity contribution in [2.45, 2.75) is 18.6 Å². The van der Waals surface area contributed by atoms with E-state index in [9.17, 15) is 9.59 Å². The fourth-order valence-electron chi connectivity index (χ4n) is 3.87. The van der Waals surface area contributed by atoms with Crippen molar-refractivity contribution < 1.29 is 19.1 Å². The van der Waals surface area contributed by atoms with E-state index in [4.69, 9.17) is 21.1 Å². The Morgan fingerprint density at radius 3 is 3.09 bits per heavy atom. The molecular formula is C17H16ClNO4. The van der Waals surface area contributed by atoms with Crippen LogP contribution in [0.2, 0.25) is 5.02 Å². The van der Waals surface area contributed by atoms with E-state index in [0.717, 1.165) is 0 Å². The maximum Gasteiger partial charge on any atom is 0.312 e. The van der Waals surface area contributed by atoms with E-state index in [2.05, 4.69) is 0 Å². The average molecular weight is 334 g/mol. The number of ether oxygens (including phenoxy) is 2. The number of benzene rings is 1. The van der Waals surface area contributed by atoms with Gasteiger partial charge < -0.3 is 14.4 Å². The summed E-state index contributed by atoms with van der Waals surface area (Å²) < 4.78 is 11.2. The number of esters is 1. The largest absolute Gasteiger partial charge is 0.466 e. The number of hydrogen-bond donors (Lipinski definition) is 0. The normalized spacial score (nSPS) is 34.1. The first-order valence-corrected chi connectivity index (χ1v) is 8.04. The van der Waals surface area contributed by atoms with Crippen molar-refractivity contribution in [1.29, 1.82) is 0 Å². The Hall–Kier alpha value is -1.85. The summed E-state index contributed by atoms with van der Waals surface area (Å²) >= 11 is 6.03. The summed E-state index contributed by atoms with van der Waals surface area (Å²) in [6.45, 7) is 2.43. The number of carbonyl (C=O) groups excluding carboxylic acids is 2. The molecule has 3 aliphatic heterocycles. The van der Waals surface area contributed by atoms with Crippen LogP contribution < -0.4 is 4.90 Å². The number of rotatable bonds is 3. The monoisotopic (exact) mass is 333 g/mol. The minimum atomic E-state index is -0.735. The van der Waals surface area contributed by atoms with E-state index >= 15 is 0 Å². The second-order valence-electron chi connectivity index (χ2n) is 6.06. The third kappa shape index (κ3) is 2.03. The number of fused-ring (bicyclic) bond motifs is 1. The Bertz CT molecular complexity index is 718. The molecular weight excluding hydrogens is 318 g/mol. The molecule has 0 radical (unpaired) electrons. The molecule has 120 valence electrons. The zero-order valence-corrected chi connectivity index (χ0v) is 13.3. The van der Waals surface area contributed by atoms with E-state index in [-0.39, 0.29) is 24.6 Å². The molecule has 1 amide bonds. The van der Waals surface area contributed by atoms with Gasteiger partial charge in [-0.05, 0) is 25.1 Å². The van der Waals surface area contributed by atoms with Crippen LogP contribution in [-0.4, -0.2) is 36.7 Å². The molecule has 4 atom stereocenters. The second-order valence-corrected chi connectivity index (χ2v) is 6.49. The molecule has 3 heterocycles. The van der Waals surface area contributed by atoms with Gasteiger partial charge in [-0.2, -0.15) is 0 Å². The van der Waals surface area contributed by atoms with E-state index in [1.54, 1.807) is 30.0 Å². The van der Waals surface area contributed by atoms with Gasteiger partial charge >= 0.3 is 5.97 Å². The van der Waals surface area contributed by atoms with Crippen LogP contribution >= 0.6 is 11.6 Å². The lowest BCUT2D eigenvalue weighted by Crippen LogP contribution is -2.40. The predicted molar refractivity (Wildman–Crippen MR) is 84.2 cm³/mol. The van der Waals surface area contributed by atoms with Gasteiger partial charge in [0.15, 0.2) is 0 Å². The van der Waals surface area contributed by atoms with Gasteiger partial charge in [-0.15, -0.1) is 0 Å². The fourth-order valence-corrected chi connectivity index (χ4v) is 4.05. The van der Waals surface area contributed by atoms with Crippen LogP contribution in [0.1, 0.15) is 6.92 Å². The van der Waals surface area contributed by atoms with Crippen molar-refractivity contribution in [3.63, 3.8) is 0 Å². The molecule has 2 saturated heterocycles. The highest BCUT2D eigenvalue weighted by Crippen LogP contribution is 2.52. The van der Waals surface area contributed by atoms with Crippen LogP contribution in [0, 0.1) is 11.8 Å². The van der Waals surface area contributed by atoms with Gasteiger partial charge in [-0.1, -0.05) is 29.8 Å². The molecule has 5 nitrogen and oxygen atoms in total. The average Bonchev–Trinajstić information content (AvgIpc) is 3.16. The van der Waals surface area contributed by atoms with Crippen LogP contribution in [-0.2, 0) is 19.1 Å². The molecule has 2 bridgehead atoms. The third-order valence-corrected chi connectivity index (χ3v) is 5.01. The quantitative estimate of drug-likeness (QED) is 0.628. The van der Waals surface area contributed by atoms with Gasteiger partial charge in [0.1, 0.15) is 11.5 Å². The lowest BCUT2D eigenvalue weighted by molar-refractivity contribution is -0.151. The molecule has 1 aromatic carbocycles. The van der Waals surface area contributed by atoms with Gasteiger partial charge in [-0.25, -0.2) is 0 Å². The predicted octanol–water partition coefficient (Wildman–Crippen LogP) is 2.19. The number of amides is 1. The highest BCUT2D eigenvalue weighted by molar-refractivity contribution is 6.31. The Morgan fingerprint density at radius 2 is 2.35 bits per heavy atom. The zero-order valence-electron chi connectivity index (χ0n) is 12.6. The van der Waals surface area contributed by atoms with Crippen molar-refractivity contribution in [3.8, 4) is 0 Å².